The summed E-state index contributed by atoms with van der Waals surface area (Å²) < 4.78 is 16.5. The molecule has 1 aliphatic heterocycles. The second-order valence-corrected chi connectivity index (χ2v) is 7.34. The lowest BCUT2D eigenvalue weighted by Crippen LogP contribution is -2.51. The highest BCUT2D eigenvalue weighted by Gasteiger charge is 2.38. The number of methoxy groups -OCH3 is 1. The first-order valence-electron chi connectivity index (χ1n) is 10.1. The van der Waals surface area contributed by atoms with Gasteiger partial charge in [-0.15, -0.1) is 0 Å². The molecular weight excluding hydrogens is 366 g/mol. The van der Waals surface area contributed by atoms with Gasteiger partial charge >= 0.3 is 0 Å². The van der Waals surface area contributed by atoms with Gasteiger partial charge in [0.2, 0.25) is 0 Å². The van der Waals surface area contributed by atoms with Crippen molar-refractivity contribution in [2.75, 3.05) is 26.9 Å². The number of thiocarbonyl (C=S) groups is 1. The Kier molecular flexibility index (Phi) is 13.9. The van der Waals surface area contributed by atoms with Crippen molar-refractivity contribution in [1.29, 1.82) is 0 Å². The second kappa shape index (κ2) is 15.4. The summed E-state index contributed by atoms with van der Waals surface area (Å²) in [4.78, 5) is 0.909. The highest BCUT2D eigenvalue weighted by molar-refractivity contribution is 7.80. The van der Waals surface area contributed by atoms with Gasteiger partial charge in [0.25, 0.3) is 0 Å². The van der Waals surface area contributed by atoms with E-state index in [-0.39, 0.29) is 6.61 Å². The fourth-order valence-electron chi connectivity index (χ4n) is 3.06. The van der Waals surface area contributed by atoms with Gasteiger partial charge in [0.1, 0.15) is 12.2 Å². The molecule has 1 rings (SSSR count). The summed E-state index contributed by atoms with van der Waals surface area (Å²) in [5.41, 5.74) is 0. The molecule has 0 aromatic rings. The molecule has 1 aliphatic rings. The average Bonchev–Trinajstić information content (AvgIpc) is 2.66. The van der Waals surface area contributed by atoms with Crippen LogP contribution in [0.4, 0.5) is 0 Å². The number of ether oxygens (including phenoxy) is 3. The summed E-state index contributed by atoms with van der Waals surface area (Å²) in [5, 5.41) is 22.7. The van der Waals surface area contributed by atoms with Crippen LogP contribution in [0.5, 0.6) is 0 Å². The lowest BCUT2D eigenvalue weighted by atomic mass is 10.0. The van der Waals surface area contributed by atoms with E-state index in [0.29, 0.717) is 13.0 Å². The van der Waals surface area contributed by atoms with E-state index in [9.17, 15) is 10.2 Å². The molecule has 0 saturated carbocycles. The lowest BCUT2D eigenvalue weighted by Gasteiger charge is -2.37. The Hall–Kier alpha value is -0.570. The topological polar surface area (TPSA) is 80.2 Å². The molecule has 4 atom stereocenters. The van der Waals surface area contributed by atoms with E-state index in [0.717, 1.165) is 50.1 Å². The van der Waals surface area contributed by atoms with Crippen molar-refractivity contribution in [3.05, 3.63) is 12.2 Å². The predicted octanol–water partition coefficient (Wildman–Crippen LogP) is 2.71. The minimum atomic E-state index is -0.694. The molecule has 0 bridgehead atoms. The zero-order valence-electron chi connectivity index (χ0n) is 16.8. The van der Waals surface area contributed by atoms with Crippen molar-refractivity contribution < 1.29 is 24.4 Å². The van der Waals surface area contributed by atoms with Gasteiger partial charge in [-0.2, -0.15) is 0 Å². The largest absolute Gasteiger partial charge is 0.394 e. The minimum absolute atomic E-state index is 0.204. The number of hydrogen-bond donors (Lipinski definition) is 3. The van der Waals surface area contributed by atoms with E-state index >= 15 is 0 Å². The monoisotopic (exact) mass is 403 g/mol. The van der Waals surface area contributed by atoms with Crippen LogP contribution in [0.2, 0.25) is 0 Å². The van der Waals surface area contributed by atoms with Gasteiger partial charge in [-0.25, -0.2) is 0 Å². The number of aliphatic hydroxyl groups is 2. The highest BCUT2D eigenvalue weighted by atomic mass is 32.1. The van der Waals surface area contributed by atoms with Gasteiger partial charge in [0, 0.05) is 26.7 Å². The Morgan fingerprint density at radius 1 is 1.26 bits per heavy atom. The Balaban J connectivity index is 2.03. The third kappa shape index (κ3) is 10.5. The van der Waals surface area contributed by atoms with Crippen molar-refractivity contribution >= 4 is 17.2 Å². The molecule has 0 spiro atoms. The van der Waals surface area contributed by atoms with Crippen LogP contribution in [-0.4, -0.2) is 66.7 Å². The first-order valence-corrected chi connectivity index (χ1v) is 10.5. The molecule has 1 fully saturated rings. The van der Waals surface area contributed by atoms with E-state index in [1.807, 2.05) is 0 Å². The van der Waals surface area contributed by atoms with Gasteiger partial charge in [-0.1, -0.05) is 31.3 Å². The minimum Gasteiger partial charge on any atom is -0.394 e. The van der Waals surface area contributed by atoms with E-state index in [1.165, 1.54) is 13.5 Å². The summed E-state index contributed by atoms with van der Waals surface area (Å²) in [6.45, 7) is 3.42. The van der Waals surface area contributed by atoms with Crippen molar-refractivity contribution in [3.8, 4) is 0 Å². The molecule has 1 saturated heterocycles. The summed E-state index contributed by atoms with van der Waals surface area (Å²) in [7, 11) is 1.50. The van der Waals surface area contributed by atoms with Crippen LogP contribution < -0.4 is 5.32 Å². The maximum atomic E-state index is 10.1. The van der Waals surface area contributed by atoms with E-state index in [1.54, 1.807) is 0 Å². The third-order valence-corrected chi connectivity index (χ3v) is 4.93. The fourth-order valence-corrected chi connectivity index (χ4v) is 3.31. The molecule has 1 heterocycles. The van der Waals surface area contributed by atoms with Gasteiger partial charge < -0.3 is 29.7 Å². The van der Waals surface area contributed by atoms with Crippen LogP contribution in [0.3, 0.4) is 0 Å². The van der Waals surface area contributed by atoms with E-state index in [4.69, 9.17) is 26.4 Å². The number of unbranched alkanes of at least 4 members (excludes halogenated alkanes) is 3. The molecule has 0 unspecified atom stereocenters. The summed E-state index contributed by atoms with van der Waals surface area (Å²) in [6.07, 6.45) is 9.77. The molecule has 3 N–H and O–H groups in total. The van der Waals surface area contributed by atoms with Crippen molar-refractivity contribution in [3.63, 3.8) is 0 Å². The third-order valence-electron chi connectivity index (χ3n) is 4.58. The number of hydrogen-bond acceptors (Lipinski definition) is 6. The van der Waals surface area contributed by atoms with E-state index < -0.39 is 24.6 Å². The summed E-state index contributed by atoms with van der Waals surface area (Å²) in [6, 6.07) is 0. The Bertz CT molecular complexity index is 421. The molecule has 0 radical (unpaired) electrons. The smallest absolute Gasteiger partial charge is 0.160 e. The molecule has 0 aromatic carbocycles. The van der Waals surface area contributed by atoms with Gasteiger partial charge in [0.15, 0.2) is 6.29 Å². The Labute approximate surface area is 169 Å². The standard InChI is InChI=1S/C20H37NO5S/c1-3-4-5-6-7-9-12-21-18(27)11-8-10-13-25-19-14-16(23)20(24-2)17(15-22)26-19/h4-5,16-17,19-20,22-23H,3,6-15H2,1-2H3,(H,21,27)/b5-4+/t16-,17-,19-,20-/m1/s1. The number of nitrogens with one attached hydrogen (secondary N) is 1. The molecule has 0 amide bonds. The highest BCUT2D eigenvalue weighted by Crippen LogP contribution is 2.23. The number of aliphatic hydroxyl groups excluding tert-OH is 2. The Morgan fingerprint density at radius 3 is 2.78 bits per heavy atom. The number of rotatable bonds is 14. The maximum Gasteiger partial charge on any atom is 0.160 e. The predicted molar refractivity (Wildman–Crippen MR) is 111 cm³/mol. The van der Waals surface area contributed by atoms with Gasteiger partial charge in [-0.05, 0) is 44.9 Å². The van der Waals surface area contributed by atoms with Crippen molar-refractivity contribution in [2.24, 2.45) is 0 Å². The second-order valence-electron chi connectivity index (χ2n) is 6.84. The van der Waals surface area contributed by atoms with Crippen LogP contribution in [0.15, 0.2) is 12.2 Å². The molecule has 0 aliphatic carbocycles. The SMILES string of the molecule is CC/C=C/CCCCNC(=S)CCCCO[C@H]1C[C@@H](O)[C@@H](OC)[C@@H](CO)O1. The van der Waals surface area contributed by atoms with Crippen molar-refractivity contribution in [1.82, 2.24) is 5.32 Å². The molecule has 7 heteroatoms. The van der Waals surface area contributed by atoms with Crippen LogP contribution in [0.25, 0.3) is 0 Å². The fraction of sp³-hybridized carbons (Fsp3) is 0.850. The zero-order valence-corrected chi connectivity index (χ0v) is 17.6. The normalized spacial score (nSPS) is 25.8. The van der Waals surface area contributed by atoms with Gasteiger partial charge in [-0.3, -0.25) is 0 Å². The average molecular weight is 404 g/mol. The summed E-state index contributed by atoms with van der Waals surface area (Å²) in [5.74, 6) is 0. The van der Waals surface area contributed by atoms with Crippen LogP contribution in [-0.2, 0) is 14.2 Å². The van der Waals surface area contributed by atoms with Gasteiger partial charge in [0.05, 0.1) is 17.7 Å². The first-order chi connectivity index (χ1) is 13.1. The molecule has 6 nitrogen and oxygen atoms in total. The Morgan fingerprint density at radius 2 is 2.07 bits per heavy atom. The summed E-state index contributed by atoms with van der Waals surface area (Å²) >= 11 is 5.36. The number of allylic oxidation sites excluding steroid dienone is 2. The van der Waals surface area contributed by atoms with Crippen LogP contribution in [0, 0.1) is 0 Å². The molecule has 27 heavy (non-hydrogen) atoms. The van der Waals surface area contributed by atoms with Crippen LogP contribution in [0.1, 0.15) is 58.3 Å². The molecule has 158 valence electrons. The molecular formula is C20H37NO5S. The van der Waals surface area contributed by atoms with Crippen LogP contribution >= 0.6 is 12.2 Å². The van der Waals surface area contributed by atoms with E-state index in [2.05, 4.69) is 24.4 Å². The quantitative estimate of drug-likeness (QED) is 0.234. The zero-order chi connectivity index (χ0) is 19.9. The maximum absolute atomic E-state index is 10.1. The first kappa shape index (κ1) is 24.5. The molecule has 0 aromatic heterocycles. The lowest BCUT2D eigenvalue weighted by molar-refractivity contribution is -0.261. The van der Waals surface area contributed by atoms with Crippen molar-refractivity contribution in [2.45, 2.75) is 82.9 Å².